The molecule has 2 aliphatic heterocycles. The summed E-state index contributed by atoms with van der Waals surface area (Å²) in [4.78, 5) is 38.7. The number of rotatable bonds is 6. The van der Waals surface area contributed by atoms with Crippen molar-refractivity contribution >= 4 is 17.9 Å². The molecule has 0 saturated heterocycles. The van der Waals surface area contributed by atoms with Crippen LogP contribution in [0.2, 0.25) is 0 Å². The number of hydrogen-bond donors (Lipinski definition) is 5. The Kier molecular flexibility index (Phi) is 10.8. The van der Waals surface area contributed by atoms with E-state index in [0.29, 0.717) is 19.8 Å². The van der Waals surface area contributed by atoms with Crippen molar-refractivity contribution in [3.8, 4) is 5.75 Å². The van der Waals surface area contributed by atoms with E-state index in [0.717, 1.165) is 43.4 Å². The van der Waals surface area contributed by atoms with Crippen LogP contribution in [0.3, 0.4) is 0 Å². The lowest BCUT2D eigenvalue weighted by atomic mass is 9.88. The van der Waals surface area contributed by atoms with Gasteiger partial charge >= 0.3 is 12.0 Å². The Morgan fingerprint density at radius 1 is 1.18 bits per heavy atom. The zero-order valence-electron chi connectivity index (χ0n) is 22.8. The molecule has 10 nitrogen and oxygen atoms in total. The lowest BCUT2D eigenvalue weighted by Crippen LogP contribution is -2.60. The molecule has 1 unspecified atom stereocenters. The summed E-state index contributed by atoms with van der Waals surface area (Å²) in [6, 6.07) is 5.62. The molecule has 0 aromatic heterocycles. The number of ether oxygens (including phenoxy) is 2. The SMILES string of the molecule is CC(C)[C@H]1COCCCCOc2ccc(cc2)C[C@@H](NC(=O)N[C@@](C)(C[C@@H]2CCC(N)C2)C(=O)O)C(=O)N1. The molecule has 3 aliphatic rings. The standard InChI is InChI=1S/C28H44N4O6/c1-18(2)24-17-37-12-4-5-13-38-22-10-7-19(8-11-22)15-23(25(33)30-24)31-27(36)32-28(3,26(34)35)16-20-6-9-21(29)14-20/h7-8,10-11,18,20-21,23-24H,4-6,9,12-17,29H2,1-3H3,(H,30,33)(H,34,35)(H2,31,32,36)/t20-,21?,23-,24-,28+/m1/s1. The molecular formula is C28H44N4O6. The second-order valence-corrected chi connectivity index (χ2v) is 11.3. The minimum absolute atomic E-state index is 0.0589. The van der Waals surface area contributed by atoms with Crippen LogP contribution >= 0.6 is 0 Å². The molecule has 1 aromatic rings. The quantitative estimate of drug-likeness (QED) is 0.378. The average Bonchev–Trinajstić information content (AvgIpc) is 3.26. The summed E-state index contributed by atoms with van der Waals surface area (Å²) in [6.07, 6.45) is 4.62. The Morgan fingerprint density at radius 2 is 1.89 bits per heavy atom. The highest BCUT2D eigenvalue weighted by atomic mass is 16.5. The number of benzene rings is 1. The highest BCUT2D eigenvalue weighted by Crippen LogP contribution is 2.31. The van der Waals surface area contributed by atoms with E-state index in [1.165, 1.54) is 6.92 Å². The Hall–Kier alpha value is -2.85. The van der Waals surface area contributed by atoms with Crippen molar-refractivity contribution in [2.24, 2.45) is 17.6 Å². The molecule has 2 bridgehead atoms. The van der Waals surface area contributed by atoms with Gasteiger partial charge in [0.2, 0.25) is 5.91 Å². The van der Waals surface area contributed by atoms with E-state index in [9.17, 15) is 19.5 Å². The van der Waals surface area contributed by atoms with Crippen LogP contribution < -0.4 is 26.4 Å². The number of amides is 3. The fourth-order valence-electron chi connectivity index (χ4n) is 5.07. The number of nitrogens with one attached hydrogen (secondary N) is 3. The number of nitrogens with two attached hydrogens (primary N) is 1. The number of carboxylic acid groups (broad SMARTS) is 1. The summed E-state index contributed by atoms with van der Waals surface area (Å²) in [7, 11) is 0. The Morgan fingerprint density at radius 3 is 2.53 bits per heavy atom. The van der Waals surface area contributed by atoms with Gasteiger partial charge in [-0.3, -0.25) is 4.79 Å². The molecular weight excluding hydrogens is 488 g/mol. The van der Waals surface area contributed by atoms with Gasteiger partial charge in [-0.15, -0.1) is 0 Å². The molecule has 1 fully saturated rings. The molecule has 1 aromatic carbocycles. The summed E-state index contributed by atoms with van der Waals surface area (Å²) in [6.45, 7) is 7.01. The van der Waals surface area contributed by atoms with Crippen molar-refractivity contribution in [2.75, 3.05) is 19.8 Å². The maximum atomic E-state index is 13.4. The normalized spacial score (nSPS) is 26.7. The van der Waals surface area contributed by atoms with E-state index in [4.69, 9.17) is 15.2 Å². The molecule has 0 radical (unpaired) electrons. The molecule has 4 rings (SSSR count). The number of fused-ring (bicyclic) bond motifs is 13. The van der Waals surface area contributed by atoms with Gasteiger partial charge in [0.15, 0.2) is 0 Å². The number of hydrogen-bond acceptors (Lipinski definition) is 6. The van der Waals surface area contributed by atoms with Crippen molar-refractivity contribution in [1.82, 2.24) is 16.0 Å². The third kappa shape index (κ3) is 8.87. The first-order valence-corrected chi connectivity index (χ1v) is 13.7. The Balaban J connectivity index is 1.76. The van der Waals surface area contributed by atoms with Crippen LogP contribution in [-0.4, -0.2) is 66.5 Å². The van der Waals surface area contributed by atoms with E-state index in [-0.39, 0.29) is 42.7 Å². The molecule has 1 saturated carbocycles. The van der Waals surface area contributed by atoms with Gasteiger partial charge in [-0.2, -0.15) is 0 Å². The maximum Gasteiger partial charge on any atom is 0.329 e. The lowest BCUT2D eigenvalue weighted by molar-refractivity contribution is -0.144. The van der Waals surface area contributed by atoms with Crippen LogP contribution in [0.25, 0.3) is 0 Å². The van der Waals surface area contributed by atoms with Crippen molar-refractivity contribution in [2.45, 2.75) is 89.4 Å². The first-order chi connectivity index (χ1) is 18.1. The fraction of sp³-hybridized carbons (Fsp3) is 0.679. The van der Waals surface area contributed by atoms with E-state index >= 15 is 0 Å². The van der Waals surface area contributed by atoms with Gasteiger partial charge in [0.1, 0.15) is 17.3 Å². The first-order valence-electron chi connectivity index (χ1n) is 13.7. The minimum Gasteiger partial charge on any atom is -0.494 e. The monoisotopic (exact) mass is 532 g/mol. The van der Waals surface area contributed by atoms with Crippen molar-refractivity contribution in [3.05, 3.63) is 29.8 Å². The highest BCUT2D eigenvalue weighted by Gasteiger charge is 2.40. The molecule has 5 atom stereocenters. The van der Waals surface area contributed by atoms with Gasteiger partial charge in [0.25, 0.3) is 0 Å². The molecule has 10 heteroatoms. The number of carboxylic acids is 1. The van der Waals surface area contributed by atoms with Crippen LogP contribution in [0, 0.1) is 11.8 Å². The Bertz CT molecular complexity index is 940. The predicted octanol–water partition coefficient (Wildman–Crippen LogP) is 2.59. The summed E-state index contributed by atoms with van der Waals surface area (Å²) < 4.78 is 11.6. The van der Waals surface area contributed by atoms with Crippen molar-refractivity contribution in [1.29, 1.82) is 0 Å². The molecule has 38 heavy (non-hydrogen) atoms. The van der Waals surface area contributed by atoms with Crippen LogP contribution in [0.5, 0.6) is 5.75 Å². The first kappa shape index (κ1) is 29.7. The summed E-state index contributed by atoms with van der Waals surface area (Å²) in [5.74, 6) is -0.512. The number of urea groups is 1. The van der Waals surface area contributed by atoms with E-state index in [1.807, 2.05) is 38.1 Å². The second-order valence-electron chi connectivity index (χ2n) is 11.3. The number of carbonyl (C=O) groups excluding carboxylic acids is 2. The van der Waals surface area contributed by atoms with Gasteiger partial charge in [-0.1, -0.05) is 26.0 Å². The van der Waals surface area contributed by atoms with Gasteiger partial charge in [0.05, 0.1) is 19.3 Å². The zero-order chi connectivity index (χ0) is 27.7. The number of aliphatic carboxylic acids is 1. The molecule has 0 spiro atoms. The van der Waals surface area contributed by atoms with Crippen LogP contribution in [0.15, 0.2) is 24.3 Å². The van der Waals surface area contributed by atoms with Gasteiger partial charge in [0, 0.05) is 19.1 Å². The molecule has 3 amide bonds. The van der Waals surface area contributed by atoms with Crippen LogP contribution in [0.1, 0.15) is 64.9 Å². The Labute approximate surface area is 225 Å². The third-order valence-electron chi connectivity index (χ3n) is 7.51. The molecule has 1 aliphatic carbocycles. The van der Waals surface area contributed by atoms with Crippen LogP contribution in [-0.2, 0) is 20.7 Å². The largest absolute Gasteiger partial charge is 0.494 e. The van der Waals surface area contributed by atoms with Gasteiger partial charge in [-0.25, -0.2) is 9.59 Å². The third-order valence-corrected chi connectivity index (χ3v) is 7.51. The highest BCUT2D eigenvalue weighted by molar-refractivity contribution is 5.90. The fourth-order valence-corrected chi connectivity index (χ4v) is 5.07. The van der Waals surface area contributed by atoms with Crippen LogP contribution in [0.4, 0.5) is 4.79 Å². The molecule has 212 valence electrons. The molecule has 2 heterocycles. The summed E-state index contributed by atoms with van der Waals surface area (Å²) in [5, 5.41) is 18.3. The smallest absolute Gasteiger partial charge is 0.329 e. The second kappa shape index (κ2) is 13.8. The maximum absolute atomic E-state index is 13.4. The summed E-state index contributed by atoms with van der Waals surface area (Å²) in [5.41, 5.74) is 5.36. The average molecular weight is 533 g/mol. The van der Waals surface area contributed by atoms with Crippen molar-refractivity contribution in [3.63, 3.8) is 0 Å². The van der Waals surface area contributed by atoms with Gasteiger partial charge < -0.3 is 36.3 Å². The predicted molar refractivity (Wildman–Crippen MR) is 144 cm³/mol. The van der Waals surface area contributed by atoms with E-state index in [2.05, 4.69) is 16.0 Å². The van der Waals surface area contributed by atoms with Crippen molar-refractivity contribution < 1.29 is 29.0 Å². The van der Waals surface area contributed by atoms with Gasteiger partial charge in [-0.05, 0) is 75.0 Å². The number of carbonyl (C=O) groups is 3. The van der Waals surface area contributed by atoms with E-state index in [1.54, 1.807) is 0 Å². The topological polar surface area (TPSA) is 152 Å². The lowest BCUT2D eigenvalue weighted by Gasteiger charge is -2.31. The minimum atomic E-state index is -1.49. The summed E-state index contributed by atoms with van der Waals surface area (Å²) >= 11 is 0. The zero-order valence-corrected chi connectivity index (χ0v) is 22.8. The molecule has 6 N–H and O–H groups in total. The van der Waals surface area contributed by atoms with E-state index < -0.39 is 23.6 Å².